The number of nitrogens with zero attached hydrogens (tertiary/aromatic N) is 4. The van der Waals surface area contributed by atoms with Crippen LogP contribution in [0.5, 0.6) is 0 Å². The maximum atomic E-state index is 5.11. The monoisotopic (exact) mass is 320 g/mol. The summed E-state index contributed by atoms with van der Waals surface area (Å²) in [5.41, 5.74) is 0. The highest BCUT2D eigenvalue weighted by molar-refractivity contribution is 5.79. The number of hydrogen-bond acceptors (Lipinski definition) is 4. The molecule has 2 heterocycles. The molecule has 0 bridgehead atoms. The van der Waals surface area contributed by atoms with E-state index in [9.17, 15) is 0 Å². The summed E-state index contributed by atoms with van der Waals surface area (Å²) >= 11 is 0. The van der Waals surface area contributed by atoms with Gasteiger partial charge in [-0.15, -0.1) is 0 Å². The van der Waals surface area contributed by atoms with E-state index in [-0.39, 0.29) is 0 Å². The summed E-state index contributed by atoms with van der Waals surface area (Å²) in [6, 6.07) is 0.342. The van der Waals surface area contributed by atoms with Crippen LogP contribution in [-0.2, 0) is 24.3 Å². The van der Waals surface area contributed by atoms with Gasteiger partial charge in [0.15, 0.2) is 11.8 Å². The Labute approximate surface area is 137 Å². The summed E-state index contributed by atoms with van der Waals surface area (Å²) in [7, 11) is 3.51. The number of guanidine groups is 1. The minimum atomic E-state index is 0.342. The molecule has 23 heavy (non-hydrogen) atoms. The first-order valence-electron chi connectivity index (χ1n) is 8.67. The van der Waals surface area contributed by atoms with Crippen LogP contribution in [0, 0.1) is 5.92 Å². The molecular formula is C16H28N6O. The van der Waals surface area contributed by atoms with Crippen molar-refractivity contribution in [3.63, 3.8) is 0 Å². The lowest BCUT2D eigenvalue weighted by Gasteiger charge is -2.25. The average Bonchev–Trinajstić information content (AvgIpc) is 3.20. The second-order valence-electron chi connectivity index (χ2n) is 6.54. The lowest BCUT2D eigenvalue weighted by molar-refractivity contribution is 0.177. The van der Waals surface area contributed by atoms with Crippen molar-refractivity contribution in [2.75, 3.05) is 20.7 Å². The SMILES string of the molecule is CN=C(NCC1CCCC1)NC1CCc2nc(COC)nn2C1. The number of fused-ring (bicyclic) bond motifs is 1. The summed E-state index contributed by atoms with van der Waals surface area (Å²) in [6.45, 7) is 2.33. The van der Waals surface area contributed by atoms with E-state index in [2.05, 4.69) is 25.7 Å². The molecular weight excluding hydrogens is 292 g/mol. The Balaban J connectivity index is 1.50. The van der Waals surface area contributed by atoms with Crippen LogP contribution in [0.4, 0.5) is 0 Å². The minimum absolute atomic E-state index is 0.342. The Kier molecular flexibility index (Phi) is 5.48. The second-order valence-corrected chi connectivity index (χ2v) is 6.54. The largest absolute Gasteiger partial charge is 0.377 e. The van der Waals surface area contributed by atoms with Crippen LogP contribution in [0.3, 0.4) is 0 Å². The summed E-state index contributed by atoms with van der Waals surface area (Å²) < 4.78 is 7.11. The fourth-order valence-corrected chi connectivity index (χ4v) is 3.51. The molecule has 2 aliphatic rings. The number of hydrogen-bond donors (Lipinski definition) is 2. The predicted octanol–water partition coefficient (Wildman–Crippen LogP) is 1.09. The zero-order valence-corrected chi connectivity index (χ0v) is 14.2. The van der Waals surface area contributed by atoms with Gasteiger partial charge in [0.2, 0.25) is 0 Å². The van der Waals surface area contributed by atoms with Crippen LogP contribution in [0.25, 0.3) is 0 Å². The van der Waals surface area contributed by atoms with Crippen LogP contribution in [0.2, 0.25) is 0 Å². The quantitative estimate of drug-likeness (QED) is 0.627. The number of ether oxygens (including phenoxy) is 1. The fourth-order valence-electron chi connectivity index (χ4n) is 3.51. The van der Waals surface area contributed by atoms with Gasteiger partial charge in [-0.3, -0.25) is 4.99 Å². The lowest BCUT2D eigenvalue weighted by atomic mass is 10.1. The Bertz CT molecular complexity index is 535. The van der Waals surface area contributed by atoms with Gasteiger partial charge >= 0.3 is 0 Å². The van der Waals surface area contributed by atoms with Crippen LogP contribution in [-0.4, -0.2) is 47.5 Å². The van der Waals surface area contributed by atoms with Gasteiger partial charge in [-0.1, -0.05) is 12.8 Å². The van der Waals surface area contributed by atoms with Gasteiger partial charge < -0.3 is 15.4 Å². The standard InChI is InChI=1S/C16H28N6O/c1-17-16(18-9-12-5-3-4-6-12)19-13-7-8-15-20-14(11-23-2)21-22(15)10-13/h12-13H,3-11H2,1-2H3,(H2,17,18,19). The molecule has 1 atom stereocenters. The van der Waals surface area contributed by atoms with E-state index in [0.29, 0.717) is 12.6 Å². The molecule has 1 aromatic heterocycles. The van der Waals surface area contributed by atoms with Crippen molar-refractivity contribution in [1.29, 1.82) is 0 Å². The molecule has 1 fully saturated rings. The second kappa shape index (κ2) is 7.77. The molecule has 0 spiro atoms. The van der Waals surface area contributed by atoms with E-state index in [1.165, 1.54) is 25.7 Å². The van der Waals surface area contributed by atoms with E-state index < -0.39 is 0 Å². The molecule has 7 nitrogen and oxygen atoms in total. The molecule has 0 radical (unpaired) electrons. The first-order chi connectivity index (χ1) is 11.3. The maximum Gasteiger partial charge on any atom is 0.191 e. The molecule has 1 aliphatic carbocycles. The summed E-state index contributed by atoms with van der Waals surface area (Å²) in [5.74, 6) is 3.54. The first-order valence-corrected chi connectivity index (χ1v) is 8.67. The molecule has 1 saturated carbocycles. The van der Waals surface area contributed by atoms with Crippen molar-refractivity contribution in [3.05, 3.63) is 11.6 Å². The van der Waals surface area contributed by atoms with E-state index in [1.807, 2.05) is 11.7 Å². The molecule has 0 amide bonds. The molecule has 0 aromatic carbocycles. The highest BCUT2D eigenvalue weighted by Gasteiger charge is 2.23. The number of aliphatic imine (C=N–C) groups is 1. The molecule has 128 valence electrons. The van der Waals surface area contributed by atoms with E-state index in [4.69, 9.17) is 4.74 Å². The molecule has 0 saturated heterocycles. The highest BCUT2D eigenvalue weighted by atomic mass is 16.5. The molecule has 1 aliphatic heterocycles. The summed E-state index contributed by atoms with van der Waals surface area (Å²) in [4.78, 5) is 8.88. The van der Waals surface area contributed by atoms with Gasteiger partial charge in [0, 0.05) is 33.2 Å². The van der Waals surface area contributed by atoms with Crippen molar-refractivity contribution in [2.24, 2.45) is 10.9 Å². The number of aromatic nitrogens is 3. The fraction of sp³-hybridized carbons (Fsp3) is 0.812. The lowest BCUT2D eigenvalue weighted by Crippen LogP contribution is -2.47. The first kappa shape index (κ1) is 16.2. The van der Waals surface area contributed by atoms with Crippen LogP contribution in [0.1, 0.15) is 43.8 Å². The normalized spacial score (nSPS) is 22.2. The topological polar surface area (TPSA) is 76.4 Å². The molecule has 7 heteroatoms. The van der Waals surface area contributed by atoms with Crippen molar-refractivity contribution in [2.45, 2.75) is 57.7 Å². The van der Waals surface area contributed by atoms with Gasteiger partial charge in [-0.05, 0) is 25.2 Å². The van der Waals surface area contributed by atoms with Crippen molar-refractivity contribution in [1.82, 2.24) is 25.4 Å². The summed E-state index contributed by atoms with van der Waals surface area (Å²) in [5, 5.41) is 11.5. The van der Waals surface area contributed by atoms with Gasteiger partial charge in [0.25, 0.3) is 0 Å². The number of methoxy groups -OCH3 is 1. The minimum Gasteiger partial charge on any atom is -0.377 e. The van der Waals surface area contributed by atoms with Crippen molar-refractivity contribution < 1.29 is 4.74 Å². The van der Waals surface area contributed by atoms with Gasteiger partial charge in [-0.25, -0.2) is 9.67 Å². The third-order valence-corrected chi connectivity index (χ3v) is 4.77. The molecule has 1 unspecified atom stereocenters. The van der Waals surface area contributed by atoms with Gasteiger partial charge in [0.1, 0.15) is 12.4 Å². The van der Waals surface area contributed by atoms with E-state index >= 15 is 0 Å². The number of aryl methyl sites for hydroxylation is 1. The van der Waals surface area contributed by atoms with Crippen LogP contribution < -0.4 is 10.6 Å². The maximum absolute atomic E-state index is 5.11. The summed E-state index contributed by atoms with van der Waals surface area (Å²) in [6.07, 6.45) is 7.43. The van der Waals surface area contributed by atoms with E-state index in [1.54, 1.807) is 7.11 Å². The predicted molar refractivity (Wildman–Crippen MR) is 89.3 cm³/mol. The number of nitrogens with one attached hydrogen (secondary N) is 2. The zero-order chi connectivity index (χ0) is 16.1. The van der Waals surface area contributed by atoms with Crippen molar-refractivity contribution >= 4 is 5.96 Å². The Hall–Kier alpha value is -1.63. The van der Waals surface area contributed by atoms with Gasteiger partial charge in [0.05, 0.1) is 6.54 Å². The molecule has 1 aromatic rings. The smallest absolute Gasteiger partial charge is 0.191 e. The third kappa shape index (κ3) is 4.22. The Morgan fingerprint density at radius 1 is 1.35 bits per heavy atom. The van der Waals surface area contributed by atoms with Crippen molar-refractivity contribution in [3.8, 4) is 0 Å². The highest BCUT2D eigenvalue weighted by Crippen LogP contribution is 2.23. The Morgan fingerprint density at radius 3 is 2.91 bits per heavy atom. The Morgan fingerprint density at radius 2 is 2.17 bits per heavy atom. The van der Waals surface area contributed by atoms with Crippen LogP contribution >= 0.6 is 0 Å². The third-order valence-electron chi connectivity index (χ3n) is 4.77. The molecule has 2 N–H and O–H groups in total. The number of rotatable bonds is 5. The van der Waals surface area contributed by atoms with E-state index in [0.717, 1.165) is 49.5 Å². The zero-order valence-electron chi connectivity index (χ0n) is 14.2. The van der Waals surface area contributed by atoms with Gasteiger partial charge in [-0.2, -0.15) is 5.10 Å². The van der Waals surface area contributed by atoms with Crippen LogP contribution in [0.15, 0.2) is 4.99 Å². The average molecular weight is 320 g/mol. The molecule has 3 rings (SSSR count).